The molecule has 0 unspecified atom stereocenters. The molecule has 0 aromatic heterocycles. The highest BCUT2D eigenvalue weighted by Gasteiger charge is 2.24. The molecule has 0 radical (unpaired) electrons. The van der Waals surface area contributed by atoms with Gasteiger partial charge in [0.05, 0.1) is 6.61 Å². The Hall–Kier alpha value is -2.04. The minimum absolute atomic E-state index is 0.0610. The molecule has 1 saturated heterocycles. The Kier molecular flexibility index (Phi) is 6.02. The molecule has 0 saturated carbocycles. The van der Waals surface area contributed by atoms with Crippen LogP contribution < -0.4 is 5.32 Å². The zero-order valence-electron chi connectivity index (χ0n) is 14.2. The highest BCUT2D eigenvalue weighted by Crippen LogP contribution is 2.15. The van der Waals surface area contributed by atoms with E-state index in [0.29, 0.717) is 25.6 Å². The Bertz CT molecular complexity index is 532. The van der Waals surface area contributed by atoms with Crippen LogP contribution in [-0.2, 0) is 4.74 Å². The molecule has 1 aromatic rings. The van der Waals surface area contributed by atoms with Crippen molar-refractivity contribution in [3.63, 3.8) is 0 Å². The Balaban J connectivity index is 1.78. The van der Waals surface area contributed by atoms with Crippen molar-refractivity contribution < 1.29 is 14.3 Å². The predicted octanol–water partition coefficient (Wildman–Crippen LogP) is 2.98. The number of likely N-dealkylation sites (tertiary alicyclic amines) is 1. The van der Waals surface area contributed by atoms with Gasteiger partial charge in [0.25, 0.3) is 5.91 Å². The zero-order chi connectivity index (χ0) is 16.8. The second-order valence-electron chi connectivity index (χ2n) is 6.57. The molecule has 0 bridgehead atoms. The molecule has 126 valence electrons. The molecule has 0 spiro atoms. The van der Waals surface area contributed by atoms with Crippen LogP contribution in [0.1, 0.15) is 42.6 Å². The summed E-state index contributed by atoms with van der Waals surface area (Å²) in [5.74, 6) is 0.389. The van der Waals surface area contributed by atoms with Crippen LogP contribution in [0.25, 0.3) is 0 Å². The number of benzene rings is 1. The lowest BCUT2D eigenvalue weighted by Gasteiger charge is -2.32. The van der Waals surface area contributed by atoms with E-state index >= 15 is 0 Å². The molecule has 2 amide bonds. The van der Waals surface area contributed by atoms with Crippen molar-refractivity contribution in [2.24, 2.45) is 5.92 Å². The van der Waals surface area contributed by atoms with Gasteiger partial charge < -0.3 is 15.0 Å². The van der Waals surface area contributed by atoms with Crippen LogP contribution in [0.5, 0.6) is 0 Å². The van der Waals surface area contributed by atoms with Gasteiger partial charge in [0.15, 0.2) is 0 Å². The minimum atomic E-state index is -0.359. The normalized spacial score (nSPS) is 15.6. The van der Waals surface area contributed by atoms with Crippen molar-refractivity contribution in [2.75, 3.05) is 19.7 Å². The van der Waals surface area contributed by atoms with Gasteiger partial charge in [0.2, 0.25) is 0 Å². The number of nitrogens with one attached hydrogen (secondary N) is 1. The van der Waals surface area contributed by atoms with Crippen LogP contribution in [0.2, 0.25) is 0 Å². The molecule has 1 aromatic carbocycles. The summed E-state index contributed by atoms with van der Waals surface area (Å²) in [5.41, 5.74) is 1.86. The maximum atomic E-state index is 12.4. The highest BCUT2D eigenvalue weighted by molar-refractivity contribution is 5.94. The van der Waals surface area contributed by atoms with Crippen molar-refractivity contribution in [1.82, 2.24) is 10.2 Å². The van der Waals surface area contributed by atoms with E-state index in [-0.39, 0.29) is 18.0 Å². The van der Waals surface area contributed by atoms with Gasteiger partial charge >= 0.3 is 6.09 Å². The number of hydrogen-bond donors (Lipinski definition) is 1. The van der Waals surface area contributed by atoms with Gasteiger partial charge in [-0.1, -0.05) is 31.5 Å². The van der Waals surface area contributed by atoms with Crippen LogP contribution in [0, 0.1) is 12.8 Å². The first-order chi connectivity index (χ1) is 11.0. The first-order valence-corrected chi connectivity index (χ1v) is 8.25. The van der Waals surface area contributed by atoms with Gasteiger partial charge in [-0.05, 0) is 37.8 Å². The summed E-state index contributed by atoms with van der Waals surface area (Å²) in [4.78, 5) is 26.0. The van der Waals surface area contributed by atoms with Gasteiger partial charge in [0.1, 0.15) is 0 Å². The Morgan fingerprint density at radius 1 is 1.22 bits per heavy atom. The summed E-state index contributed by atoms with van der Waals surface area (Å²) in [7, 11) is 0. The summed E-state index contributed by atoms with van der Waals surface area (Å²) >= 11 is 0. The average molecular weight is 318 g/mol. The van der Waals surface area contributed by atoms with E-state index in [1.165, 1.54) is 0 Å². The molecular weight excluding hydrogens is 292 g/mol. The van der Waals surface area contributed by atoms with Gasteiger partial charge in [-0.15, -0.1) is 0 Å². The SMILES string of the molecule is Cc1ccc(C(=O)N2CCC(NC(=O)OCC(C)C)CC2)cc1. The fourth-order valence-corrected chi connectivity index (χ4v) is 2.56. The summed E-state index contributed by atoms with van der Waals surface area (Å²) in [6, 6.07) is 7.71. The largest absolute Gasteiger partial charge is 0.449 e. The van der Waals surface area contributed by atoms with Crippen molar-refractivity contribution in [1.29, 1.82) is 0 Å². The van der Waals surface area contributed by atoms with E-state index in [9.17, 15) is 9.59 Å². The first kappa shape index (κ1) is 17.3. The molecular formula is C18H26N2O3. The van der Waals surface area contributed by atoms with Crippen LogP contribution in [0.3, 0.4) is 0 Å². The number of nitrogens with zero attached hydrogens (tertiary/aromatic N) is 1. The van der Waals surface area contributed by atoms with E-state index < -0.39 is 0 Å². The van der Waals surface area contributed by atoms with Gasteiger partial charge in [0, 0.05) is 24.7 Å². The quantitative estimate of drug-likeness (QED) is 0.928. The monoisotopic (exact) mass is 318 g/mol. The van der Waals surface area contributed by atoms with Crippen molar-refractivity contribution in [2.45, 2.75) is 39.7 Å². The molecule has 5 nitrogen and oxygen atoms in total. The molecule has 23 heavy (non-hydrogen) atoms. The molecule has 0 atom stereocenters. The van der Waals surface area contributed by atoms with E-state index in [4.69, 9.17) is 4.74 Å². The smallest absolute Gasteiger partial charge is 0.407 e. The number of piperidine rings is 1. The van der Waals surface area contributed by atoms with E-state index in [2.05, 4.69) is 5.32 Å². The first-order valence-electron chi connectivity index (χ1n) is 8.25. The molecule has 5 heteroatoms. The topological polar surface area (TPSA) is 58.6 Å². The molecule has 1 N–H and O–H groups in total. The third-order valence-electron chi connectivity index (χ3n) is 3.95. The minimum Gasteiger partial charge on any atom is -0.449 e. The lowest BCUT2D eigenvalue weighted by Crippen LogP contribution is -2.46. The third-order valence-corrected chi connectivity index (χ3v) is 3.95. The fourth-order valence-electron chi connectivity index (χ4n) is 2.56. The number of ether oxygens (including phenoxy) is 1. The standard InChI is InChI=1S/C18H26N2O3/c1-13(2)12-23-18(22)19-16-8-10-20(11-9-16)17(21)15-6-4-14(3)5-7-15/h4-7,13,16H,8-12H2,1-3H3,(H,19,22). The van der Waals surface area contributed by atoms with Gasteiger partial charge in [-0.2, -0.15) is 0 Å². The number of amides is 2. The van der Waals surface area contributed by atoms with Crippen LogP contribution >= 0.6 is 0 Å². The number of rotatable bonds is 4. The van der Waals surface area contributed by atoms with Gasteiger partial charge in [-0.25, -0.2) is 4.79 Å². The second kappa shape index (κ2) is 7.99. The fraction of sp³-hybridized carbons (Fsp3) is 0.556. The summed E-state index contributed by atoms with van der Waals surface area (Å²) in [6.45, 7) is 7.74. The predicted molar refractivity (Wildman–Crippen MR) is 89.4 cm³/mol. The number of carbonyl (C=O) groups excluding carboxylic acids is 2. The van der Waals surface area contributed by atoms with E-state index in [0.717, 1.165) is 24.0 Å². The summed E-state index contributed by atoms with van der Waals surface area (Å²) in [5, 5.41) is 2.88. The van der Waals surface area contributed by atoms with Crippen molar-refractivity contribution in [3.8, 4) is 0 Å². The second-order valence-corrected chi connectivity index (χ2v) is 6.57. The average Bonchev–Trinajstić information content (AvgIpc) is 2.54. The summed E-state index contributed by atoms with van der Waals surface area (Å²) < 4.78 is 5.13. The summed E-state index contributed by atoms with van der Waals surface area (Å²) in [6.07, 6.45) is 1.16. The molecule has 0 aliphatic carbocycles. The maximum Gasteiger partial charge on any atom is 0.407 e. The Labute approximate surface area is 138 Å². The molecule has 2 rings (SSSR count). The van der Waals surface area contributed by atoms with Crippen molar-refractivity contribution >= 4 is 12.0 Å². The molecule has 1 aliphatic rings. The number of alkyl carbamates (subject to hydrolysis) is 1. The number of carbonyl (C=O) groups is 2. The maximum absolute atomic E-state index is 12.4. The van der Waals surface area contributed by atoms with Gasteiger partial charge in [-0.3, -0.25) is 4.79 Å². The van der Waals surface area contributed by atoms with Crippen LogP contribution in [0.15, 0.2) is 24.3 Å². The lowest BCUT2D eigenvalue weighted by atomic mass is 10.0. The number of aryl methyl sites for hydroxylation is 1. The Morgan fingerprint density at radius 2 is 1.83 bits per heavy atom. The van der Waals surface area contributed by atoms with E-state index in [1.807, 2.05) is 49.9 Å². The zero-order valence-corrected chi connectivity index (χ0v) is 14.2. The Morgan fingerprint density at radius 3 is 2.39 bits per heavy atom. The molecule has 1 heterocycles. The molecule has 1 fully saturated rings. The third kappa shape index (κ3) is 5.27. The lowest BCUT2D eigenvalue weighted by molar-refractivity contribution is 0.0700. The van der Waals surface area contributed by atoms with Crippen LogP contribution in [0.4, 0.5) is 4.79 Å². The van der Waals surface area contributed by atoms with Crippen LogP contribution in [-0.4, -0.2) is 42.6 Å². The number of hydrogen-bond acceptors (Lipinski definition) is 3. The van der Waals surface area contributed by atoms with Crippen molar-refractivity contribution in [3.05, 3.63) is 35.4 Å². The highest BCUT2D eigenvalue weighted by atomic mass is 16.5. The van der Waals surface area contributed by atoms with E-state index in [1.54, 1.807) is 0 Å². The molecule has 1 aliphatic heterocycles.